The van der Waals surface area contributed by atoms with Gasteiger partial charge in [0.1, 0.15) is 0 Å². The predicted octanol–water partition coefficient (Wildman–Crippen LogP) is 1.27. The Morgan fingerprint density at radius 3 is 2.50 bits per heavy atom. The molecule has 1 aromatic carbocycles. The highest BCUT2D eigenvalue weighted by molar-refractivity contribution is 5.91. The standard InChI is InChI=1S/C14H22N2O4/c1-18-9-8-15-7-6-14(17)16-11-4-5-12(19-2)13(10-11)20-3/h4-5,10,15H,6-9H2,1-3H3,(H,16,17). The quantitative estimate of drug-likeness (QED) is 0.668. The molecule has 0 heterocycles. The second-order valence-electron chi connectivity index (χ2n) is 4.11. The fourth-order valence-corrected chi connectivity index (χ4v) is 1.64. The lowest BCUT2D eigenvalue weighted by Crippen LogP contribution is -2.24. The summed E-state index contributed by atoms with van der Waals surface area (Å²) in [6.07, 6.45) is 0.401. The van der Waals surface area contributed by atoms with Crippen molar-refractivity contribution < 1.29 is 19.0 Å². The van der Waals surface area contributed by atoms with Gasteiger partial charge in [0.25, 0.3) is 0 Å². The number of carbonyl (C=O) groups excluding carboxylic acids is 1. The van der Waals surface area contributed by atoms with Crippen LogP contribution in [0.3, 0.4) is 0 Å². The molecule has 0 aliphatic heterocycles. The molecule has 0 bridgehead atoms. The van der Waals surface area contributed by atoms with Gasteiger partial charge in [0.15, 0.2) is 11.5 Å². The van der Waals surface area contributed by atoms with Gasteiger partial charge >= 0.3 is 0 Å². The van der Waals surface area contributed by atoms with Gasteiger partial charge in [-0.25, -0.2) is 0 Å². The summed E-state index contributed by atoms with van der Waals surface area (Å²) in [5.74, 6) is 1.16. The molecule has 0 aliphatic rings. The number of rotatable bonds is 9. The van der Waals surface area contributed by atoms with E-state index in [2.05, 4.69) is 10.6 Å². The van der Waals surface area contributed by atoms with Crippen LogP contribution in [0.4, 0.5) is 5.69 Å². The number of methoxy groups -OCH3 is 3. The molecule has 0 aliphatic carbocycles. The van der Waals surface area contributed by atoms with Crippen LogP contribution >= 0.6 is 0 Å². The Balaban J connectivity index is 2.41. The summed E-state index contributed by atoms with van der Waals surface area (Å²) in [6.45, 7) is 1.99. The first-order valence-electron chi connectivity index (χ1n) is 6.42. The van der Waals surface area contributed by atoms with Gasteiger partial charge in [-0.2, -0.15) is 0 Å². The minimum atomic E-state index is -0.0536. The predicted molar refractivity (Wildman–Crippen MR) is 77.5 cm³/mol. The molecule has 1 rings (SSSR count). The van der Waals surface area contributed by atoms with Gasteiger partial charge in [-0.05, 0) is 12.1 Å². The van der Waals surface area contributed by atoms with Gasteiger partial charge in [0.05, 0.1) is 20.8 Å². The Labute approximate surface area is 119 Å². The Morgan fingerprint density at radius 2 is 1.85 bits per heavy atom. The smallest absolute Gasteiger partial charge is 0.225 e. The van der Waals surface area contributed by atoms with Crippen molar-refractivity contribution in [3.63, 3.8) is 0 Å². The second-order valence-corrected chi connectivity index (χ2v) is 4.11. The fourth-order valence-electron chi connectivity index (χ4n) is 1.64. The third-order valence-corrected chi connectivity index (χ3v) is 2.68. The van der Waals surface area contributed by atoms with Crippen molar-refractivity contribution in [3.8, 4) is 11.5 Å². The number of amides is 1. The largest absolute Gasteiger partial charge is 0.493 e. The van der Waals surface area contributed by atoms with E-state index in [1.165, 1.54) is 0 Å². The average Bonchev–Trinajstić information content (AvgIpc) is 2.46. The second kappa shape index (κ2) is 9.17. The van der Waals surface area contributed by atoms with E-state index < -0.39 is 0 Å². The van der Waals surface area contributed by atoms with Crippen molar-refractivity contribution >= 4 is 11.6 Å². The molecule has 0 saturated carbocycles. The van der Waals surface area contributed by atoms with Gasteiger partial charge < -0.3 is 24.8 Å². The molecule has 0 fully saturated rings. The van der Waals surface area contributed by atoms with E-state index in [4.69, 9.17) is 14.2 Å². The van der Waals surface area contributed by atoms with E-state index >= 15 is 0 Å². The first-order valence-corrected chi connectivity index (χ1v) is 6.42. The van der Waals surface area contributed by atoms with E-state index in [1.807, 2.05) is 0 Å². The summed E-state index contributed by atoms with van der Waals surface area (Å²) in [7, 11) is 4.77. The molecule has 1 amide bonds. The Kier molecular flexibility index (Phi) is 7.46. The van der Waals surface area contributed by atoms with Crippen LogP contribution in [-0.2, 0) is 9.53 Å². The molecule has 0 aromatic heterocycles. The Morgan fingerprint density at radius 1 is 1.10 bits per heavy atom. The zero-order valence-corrected chi connectivity index (χ0v) is 12.2. The Hall–Kier alpha value is -1.79. The summed E-state index contributed by atoms with van der Waals surface area (Å²) >= 11 is 0. The third-order valence-electron chi connectivity index (χ3n) is 2.68. The van der Waals surface area contributed by atoms with Crippen molar-refractivity contribution in [1.29, 1.82) is 0 Å². The van der Waals surface area contributed by atoms with Gasteiger partial charge in [0, 0.05) is 38.4 Å². The molecule has 6 heteroatoms. The zero-order valence-electron chi connectivity index (χ0n) is 12.2. The highest BCUT2D eigenvalue weighted by Crippen LogP contribution is 2.29. The monoisotopic (exact) mass is 282 g/mol. The number of benzene rings is 1. The van der Waals surface area contributed by atoms with Crippen LogP contribution in [0.5, 0.6) is 11.5 Å². The summed E-state index contributed by atoms with van der Waals surface area (Å²) in [4.78, 5) is 11.7. The number of anilines is 1. The van der Waals surface area contributed by atoms with Crippen LogP contribution in [0.1, 0.15) is 6.42 Å². The third kappa shape index (κ3) is 5.46. The number of hydrogen-bond acceptors (Lipinski definition) is 5. The number of carbonyl (C=O) groups is 1. The lowest BCUT2D eigenvalue weighted by Gasteiger charge is -2.10. The minimum Gasteiger partial charge on any atom is -0.493 e. The first-order chi connectivity index (χ1) is 9.71. The highest BCUT2D eigenvalue weighted by Gasteiger charge is 2.07. The maximum Gasteiger partial charge on any atom is 0.225 e. The molecule has 1 aromatic rings. The molecule has 0 spiro atoms. The van der Waals surface area contributed by atoms with E-state index in [0.29, 0.717) is 36.8 Å². The Bertz CT molecular complexity index is 424. The van der Waals surface area contributed by atoms with Gasteiger partial charge in [-0.1, -0.05) is 0 Å². The molecule has 6 nitrogen and oxygen atoms in total. The molecule has 2 N–H and O–H groups in total. The number of hydrogen-bond donors (Lipinski definition) is 2. The molecular weight excluding hydrogens is 260 g/mol. The lowest BCUT2D eigenvalue weighted by molar-refractivity contribution is -0.116. The molecule has 20 heavy (non-hydrogen) atoms. The van der Waals surface area contributed by atoms with E-state index in [1.54, 1.807) is 39.5 Å². The van der Waals surface area contributed by atoms with Crippen LogP contribution in [-0.4, -0.2) is 46.9 Å². The van der Waals surface area contributed by atoms with Gasteiger partial charge in [0.2, 0.25) is 5.91 Å². The van der Waals surface area contributed by atoms with Gasteiger partial charge in [-0.15, -0.1) is 0 Å². The molecule has 0 saturated heterocycles. The lowest BCUT2D eigenvalue weighted by atomic mass is 10.2. The number of ether oxygens (including phenoxy) is 3. The zero-order chi connectivity index (χ0) is 14.8. The topological polar surface area (TPSA) is 68.8 Å². The molecule has 0 atom stereocenters. The summed E-state index contributed by atoms with van der Waals surface area (Å²) < 4.78 is 15.2. The van der Waals surface area contributed by atoms with Crippen molar-refractivity contribution in [3.05, 3.63) is 18.2 Å². The van der Waals surface area contributed by atoms with Crippen molar-refractivity contribution in [2.45, 2.75) is 6.42 Å². The maximum atomic E-state index is 11.7. The van der Waals surface area contributed by atoms with Crippen LogP contribution in [0.15, 0.2) is 18.2 Å². The molecular formula is C14H22N2O4. The highest BCUT2D eigenvalue weighted by atomic mass is 16.5. The van der Waals surface area contributed by atoms with Crippen molar-refractivity contribution in [2.24, 2.45) is 0 Å². The van der Waals surface area contributed by atoms with Crippen LogP contribution < -0.4 is 20.1 Å². The van der Waals surface area contributed by atoms with Crippen LogP contribution in [0, 0.1) is 0 Å². The SMILES string of the molecule is COCCNCCC(=O)Nc1ccc(OC)c(OC)c1. The minimum absolute atomic E-state index is 0.0536. The average molecular weight is 282 g/mol. The molecule has 0 unspecified atom stereocenters. The molecule has 0 radical (unpaired) electrons. The van der Waals surface area contributed by atoms with Crippen molar-refractivity contribution in [1.82, 2.24) is 5.32 Å². The molecule has 112 valence electrons. The maximum absolute atomic E-state index is 11.7. The van der Waals surface area contributed by atoms with Gasteiger partial charge in [-0.3, -0.25) is 4.79 Å². The van der Waals surface area contributed by atoms with E-state index in [-0.39, 0.29) is 5.91 Å². The van der Waals surface area contributed by atoms with Crippen LogP contribution in [0.25, 0.3) is 0 Å². The fraction of sp³-hybridized carbons (Fsp3) is 0.500. The van der Waals surface area contributed by atoms with Crippen molar-refractivity contribution in [2.75, 3.05) is 46.3 Å². The number of nitrogens with one attached hydrogen (secondary N) is 2. The summed E-state index contributed by atoms with van der Waals surface area (Å²) in [6, 6.07) is 5.26. The normalized spacial score (nSPS) is 10.2. The first kappa shape index (κ1) is 16.3. The van der Waals surface area contributed by atoms with E-state index in [9.17, 15) is 4.79 Å². The van der Waals surface area contributed by atoms with Crippen LogP contribution in [0.2, 0.25) is 0 Å². The summed E-state index contributed by atoms with van der Waals surface area (Å²) in [5.41, 5.74) is 0.685. The van der Waals surface area contributed by atoms with E-state index in [0.717, 1.165) is 6.54 Å². The summed E-state index contributed by atoms with van der Waals surface area (Å²) in [5, 5.41) is 5.93.